The summed E-state index contributed by atoms with van der Waals surface area (Å²) >= 11 is 0. The molecule has 118 valence electrons. The molecule has 2 unspecified atom stereocenters. The van der Waals surface area contributed by atoms with E-state index < -0.39 is 0 Å². The van der Waals surface area contributed by atoms with Crippen molar-refractivity contribution in [1.29, 1.82) is 0 Å². The normalized spacial score (nSPS) is 21.2. The summed E-state index contributed by atoms with van der Waals surface area (Å²) in [7, 11) is 1.99. The second-order valence-electron chi connectivity index (χ2n) is 5.70. The van der Waals surface area contributed by atoms with Crippen molar-refractivity contribution in [3.05, 3.63) is 29.3 Å². The van der Waals surface area contributed by atoms with Crippen LogP contribution in [0.15, 0.2) is 18.2 Å². The average Bonchev–Trinajstić information content (AvgIpc) is 2.50. The first-order valence-corrected chi connectivity index (χ1v) is 7.90. The maximum absolute atomic E-state index is 5.80. The maximum Gasteiger partial charge on any atom is 0.123 e. The Balaban J connectivity index is 2.20. The first-order valence-electron chi connectivity index (χ1n) is 7.90. The molecule has 2 rings (SSSR count). The molecule has 4 nitrogen and oxygen atoms in total. The Hall–Kier alpha value is -1.10. The zero-order valence-electron chi connectivity index (χ0n) is 13.7. The Morgan fingerprint density at radius 1 is 1.48 bits per heavy atom. The Labute approximate surface area is 128 Å². The van der Waals surface area contributed by atoms with Gasteiger partial charge in [0.2, 0.25) is 0 Å². The highest BCUT2D eigenvalue weighted by molar-refractivity contribution is 5.38. The molecule has 0 saturated carbocycles. The Bertz CT molecular complexity index is 450. The van der Waals surface area contributed by atoms with Gasteiger partial charge in [0.05, 0.1) is 19.8 Å². The van der Waals surface area contributed by atoms with Crippen LogP contribution in [0.3, 0.4) is 0 Å². The van der Waals surface area contributed by atoms with Crippen LogP contribution in [0.2, 0.25) is 0 Å². The van der Waals surface area contributed by atoms with Crippen LogP contribution in [0, 0.1) is 0 Å². The van der Waals surface area contributed by atoms with Crippen molar-refractivity contribution >= 4 is 0 Å². The molecular formula is C17H28N2O2. The van der Waals surface area contributed by atoms with Gasteiger partial charge in [-0.15, -0.1) is 0 Å². The highest BCUT2D eigenvalue weighted by atomic mass is 16.5. The third-order valence-electron chi connectivity index (χ3n) is 4.20. The van der Waals surface area contributed by atoms with E-state index in [9.17, 15) is 0 Å². The first kappa shape index (κ1) is 16.3. The second-order valence-corrected chi connectivity index (χ2v) is 5.70. The summed E-state index contributed by atoms with van der Waals surface area (Å²) in [6.07, 6.45) is 0. The molecule has 1 N–H and O–H groups in total. The summed E-state index contributed by atoms with van der Waals surface area (Å²) in [4.78, 5) is 2.47. The van der Waals surface area contributed by atoms with E-state index in [2.05, 4.69) is 42.3 Å². The molecule has 1 aliphatic rings. The Morgan fingerprint density at radius 2 is 2.29 bits per heavy atom. The smallest absolute Gasteiger partial charge is 0.123 e. The van der Waals surface area contributed by atoms with Crippen molar-refractivity contribution in [3.8, 4) is 5.75 Å². The quantitative estimate of drug-likeness (QED) is 0.874. The van der Waals surface area contributed by atoms with Gasteiger partial charge in [-0.05, 0) is 45.5 Å². The van der Waals surface area contributed by atoms with Gasteiger partial charge in [-0.2, -0.15) is 0 Å². The monoisotopic (exact) mass is 292 g/mol. The number of rotatable bonds is 6. The van der Waals surface area contributed by atoms with Crippen LogP contribution >= 0.6 is 0 Å². The Morgan fingerprint density at radius 3 is 2.95 bits per heavy atom. The molecule has 1 heterocycles. The molecule has 0 aliphatic carbocycles. The van der Waals surface area contributed by atoms with Crippen molar-refractivity contribution in [2.24, 2.45) is 0 Å². The molecule has 1 saturated heterocycles. The van der Waals surface area contributed by atoms with E-state index in [1.807, 2.05) is 14.0 Å². The summed E-state index contributed by atoms with van der Waals surface area (Å²) in [5.41, 5.74) is 2.57. The molecule has 1 aromatic carbocycles. The second kappa shape index (κ2) is 7.78. The predicted octanol–water partition coefficient (Wildman–Crippen LogP) is 2.59. The first-order chi connectivity index (χ1) is 10.2. The number of hydrogen-bond donors (Lipinski definition) is 1. The number of nitrogens with one attached hydrogen (secondary N) is 1. The van der Waals surface area contributed by atoms with E-state index in [1.165, 1.54) is 11.1 Å². The van der Waals surface area contributed by atoms with E-state index in [4.69, 9.17) is 9.47 Å². The van der Waals surface area contributed by atoms with Crippen LogP contribution in [0.5, 0.6) is 5.75 Å². The number of ether oxygens (including phenoxy) is 2. The standard InChI is InChI=1S/C17H28N2O2/c1-5-21-17-7-6-15(14(3)18-4)10-16(17)11-19-8-9-20-12-13(19)2/h6-7,10,13-14,18H,5,8-9,11-12H2,1-4H3. The molecule has 4 heteroatoms. The molecule has 2 atom stereocenters. The summed E-state index contributed by atoms with van der Waals surface area (Å²) in [5.74, 6) is 1.00. The van der Waals surface area contributed by atoms with E-state index in [-0.39, 0.29) is 0 Å². The summed E-state index contributed by atoms with van der Waals surface area (Å²) in [6.45, 7) is 10.7. The van der Waals surface area contributed by atoms with Crippen LogP contribution in [0.4, 0.5) is 0 Å². The molecule has 0 aromatic heterocycles. The molecule has 1 aliphatic heterocycles. The summed E-state index contributed by atoms with van der Waals surface area (Å²) in [5, 5.41) is 3.30. The highest BCUT2D eigenvalue weighted by Crippen LogP contribution is 2.26. The average molecular weight is 292 g/mol. The van der Waals surface area contributed by atoms with E-state index in [1.54, 1.807) is 0 Å². The van der Waals surface area contributed by atoms with Crippen molar-refractivity contribution in [1.82, 2.24) is 10.2 Å². The zero-order valence-corrected chi connectivity index (χ0v) is 13.7. The van der Waals surface area contributed by atoms with Gasteiger partial charge in [-0.3, -0.25) is 4.90 Å². The molecular weight excluding hydrogens is 264 g/mol. The molecule has 0 spiro atoms. The lowest BCUT2D eigenvalue weighted by Crippen LogP contribution is -2.43. The van der Waals surface area contributed by atoms with E-state index in [0.29, 0.717) is 18.7 Å². The topological polar surface area (TPSA) is 33.7 Å². The van der Waals surface area contributed by atoms with Crippen LogP contribution in [0.1, 0.15) is 37.9 Å². The predicted molar refractivity (Wildman–Crippen MR) is 85.8 cm³/mol. The van der Waals surface area contributed by atoms with Gasteiger partial charge in [0.25, 0.3) is 0 Å². The minimum Gasteiger partial charge on any atom is -0.494 e. The number of hydrogen-bond acceptors (Lipinski definition) is 4. The van der Waals surface area contributed by atoms with Gasteiger partial charge in [0.1, 0.15) is 5.75 Å². The molecule has 0 amide bonds. The van der Waals surface area contributed by atoms with Crippen molar-refractivity contribution in [2.75, 3.05) is 33.4 Å². The summed E-state index contributed by atoms with van der Waals surface area (Å²) in [6, 6.07) is 7.33. The fourth-order valence-electron chi connectivity index (χ4n) is 2.67. The van der Waals surface area contributed by atoms with E-state index in [0.717, 1.165) is 32.1 Å². The van der Waals surface area contributed by atoms with Gasteiger partial charge >= 0.3 is 0 Å². The molecule has 21 heavy (non-hydrogen) atoms. The SMILES string of the molecule is CCOc1ccc(C(C)NC)cc1CN1CCOCC1C. The maximum atomic E-state index is 5.80. The highest BCUT2D eigenvalue weighted by Gasteiger charge is 2.20. The van der Waals surface area contributed by atoms with Gasteiger partial charge in [0, 0.05) is 30.7 Å². The zero-order chi connectivity index (χ0) is 15.2. The van der Waals surface area contributed by atoms with Gasteiger partial charge < -0.3 is 14.8 Å². The van der Waals surface area contributed by atoms with Crippen molar-refractivity contribution < 1.29 is 9.47 Å². The third-order valence-corrected chi connectivity index (χ3v) is 4.20. The largest absolute Gasteiger partial charge is 0.494 e. The molecule has 1 fully saturated rings. The van der Waals surface area contributed by atoms with Crippen molar-refractivity contribution in [2.45, 2.75) is 39.4 Å². The number of morpholine rings is 1. The lowest BCUT2D eigenvalue weighted by atomic mass is 10.0. The number of nitrogens with zero attached hydrogens (tertiary/aromatic N) is 1. The third kappa shape index (κ3) is 4.19. The van der Waals surface area contributed by atoms with Crippen LogP contribution in [-0.4, -0.2) is 44.4 Å². The van der Waals surface area contributed by atoms with Crippen LogP contribution in [0.25, 0.3) is 0 Å². The lowest BCUT2D eigenvalue weighted by Gasteiger charge is -2.33. The summed E-state index contributed by atoms with van der Waals surface area (Å²) < 4.78 is 11.3. The Kier molecular flexibility index (Phi) is 6.03. The fourth-order valence-corrected chi connectivity index (χ4v) is 2.67. The van der Waals surface area contributed by atoms with Crippen molar-refractivity contribution in [3.63, 3.8) is 0 Å². The fraction of sp³-hybridized carbons (Fsp3) is 0.647. The van der Waals surface area contributed by atoms with Crippen LogP contribution in [-0.2, 0) is 11.3 Å². The number of benzene rings is 1. The van der Waals surface area contributed by atoms with Gasteiger partial charge in [-0.25, -0.2) is 0 Å². The molecule has 0 radical (unpaired) electrons. The van der Waals surface area contributed by atoms with Gasteiger partial charge in [-0.1, -0.05) is 6.07 Å². The lowest BCUT2D eigenvalue weighted by molar-refractivity contribution is -0.00470. The molecule has 0 bridgehead atoms. The molecule has 1 aromatic rings. The van der Waals surface area contributed by atoms with Gasteiger partial charge in [0.15, 0.2) is 0 Å². The van der Waals surface area contributed by atoms with E-state index >= 15 is 0 Å². The minimum atomic E-state index is 0.349. The van der Waals surface area contributed by atoms with Crippen LogP contribution < -0.4 is 10.1 Å². The minimum absolute atomic E-state index is 0.349.